The number of aromatic nitrogens is 4. The highest BCUT2D eigenvalue weighted by atomic mass is 19.1. The van der Waals surface area contributed by atoms with Crippen LogP contribution in [0.3, 0.4) is 0 Å². The minimum Gasteiger partial charge on any atom is -0.438 e. The second-order valence-electron chi connectivity index (χ2n) is 5.55. The van der Waals surface area contributed by atoms with Crippen LogP contribution in [0.15, 0.2) is 61.1 Å². The molecule has 0 atom stereocenters. The molecule has 0 bridgehead atoms. The zero-order chi connectivity index (χ0) is 17.2. The van der Waals surface area contributed by atoms with Crippen molar-refractivity contribution in [1.29, 1.82) is 0 Å². The number of aryl methyl sites for hydroxylation is 1. The van der Waals surface area contributed by atoms with Gasteiger partial charge in [0.2, 0.25) is 5.88 Å². The van der Waals surface area contributed by atoms with Crippen LogP contribution in [0.2, 0.25) is 0 Å². The third-order valence-electron chi connectivity index (χ3n) is 3.95. The lowest BCUT2D eigenvalue weighted by atomic mass is 10.2. The minimum atomic E-state index is -0.297. The quantitative estimate of drug-likeness (QED) is 0.558. The van der Waals surface area contributed by atoms with Gasteiger partial charge in [-0.25, -0.2) is 19.0 Å². The minimum absolute atomic E-state index is 0.297. The van der Waals surface area contributed by atoms with E-state index in [4.69, 9.17) is 4.74 Å². The second-order valence-corrected chi connectivity index (χ2v) is 5.55. The summed E-state index contributed by atoms with van der Waals surface area (Å²) in [5, 5.41) is 5.02. The Bertz CT molecular complexity index is 1010. The van der Waals surface area contributed by atoms with Crippen LogP contribution >= 0.6 is 0 Å². The molecule has 0 spiro atoms. The maximum atomic E-state index is 13.1. The highest BCUT2D eigenvalue weighted by Gasteiger charge is 2.13. The number of ether oxygens (including phenoxy) is 1. The topological polar surface area (TPSA) is 52.8 Å². The molecule has 6 heteroatoms. The van der Waals surface area contributed by atoms with Crippen molar-refractivity contribution in [2.45, 2.75) is 13.3 Å². The Hall–Kier alpha value is -3.28. The van der Waals surface area contributed by atoms with Crippen LogP contribution < -0.4 is 4.74 Å². The van der Waals surface area contributed by atoms with Gasteiger partial charge in [0.05, 0.1) is 11.9 Å². The number of rotatable bonds is 4. The molecule has 0 radical (unpaired) electrons. The number of benzene rings is 2. The Balaban J connectivity index is 1.72. The molecule has 2 aromatic carbocycles. The van der Waals surface area contributed by atoms with Crippen molar-refractivity contribution in [2.75, 3.05) is 0 Å². The van der Waals surface area contributed by atoms with Gasteiger partial charge in [-0.05, 0) is 48.4 Å². The molecule has 2 heterocycles. The second kappa shape index (κ2) is 6.32. The standard InChI is InChI=1S/C19H15FN4O/c1-2-13-3-9-16(10-4-13)25-19-17-11-23-24(18(17)21-12-22-19)15-7-5-14(20)6-8-15/h3-12H,2H2,1H3. The van der Waals surface area contributed by atoms with Crippen molar-refractivity contribution < 1.29 is 9.13 Å². The molecule has 0 saturated heterocycles. The van der Waals surface area contributed by atoms with E-state index in [0.29, 0.717) is 28.4 Å². The fourth-order valence-corrected chi connectivity index (χ4v) is 2.58. The summed E-state index contributed by atoms with van der Waals surface area (Å²) >= 11 is 0. The van der Waals surface area contributed by atoms with Crippen molar-refractivity contribution >= 4 is 11.0 Å². The van der Waals surface area contributed by atoms with Crippen molar-refractivity contribution in [2.24, 2.45) is 0 Å². The van der Waals surface area contributed by atoms with Crippen LogP contribution in [0.25, 0.3) is 16.7 Å². The zero-order valence-corrected chi connectivity index (χ0v) is 13.6. The summed E-state index contributed by atoms with van der Waals surface area (Å²) in [5.74, 6) is 0.837. The molecule has 0 fully saturated rings. The lowest BCUT2D eigenvalue weighted by Gasteiger charge is -2.07. The maximum absolute atomic E-state index is 13.1. The van der Waals surface area contributed by atoms with E-state index in [9.17, 15) is 4.39 Å². The first kappa shape index (κ1) is 15.3. The number of fused-ring (bicyclic) bond motifs is 1. The molecule has 5 nitrogen and oxygen atoms in total. The van der Waals surface area contributed by atoms with Gasteiger partial charge in [-0.3, -0.25) is 0 Å². The average molecular weight is 334 g/mol. The lowest BCUT2D eigenvalue weighted by Crippen LogP contribution is -1.98. The molecule has 4 rings (SSSR count). The summed E-state index contributed by atoms with van der Waals surface area (Å²) in [4.78, 5) is 8.50. The fourth-order valence-electron chi connectivity index (χ4n) is 2.58. The van der Waals surface area contributed by atoms with Crippen molar-refractivity contribution in [1.82, 2.24) is 19.7 Å². The molecular formula is C19H15FN4O. The SMILES string of the molecule is CCc1ccc(Oc2ncnc3c2cnn3-c2ccc(F)cc2)cc1. The highest BCUT2D eigenvalue weighted by molar-refractivity contribution is 5.81. The van der Waals surface area contributed by atoms with E-state index in [1.54, 1.807) is 23.0 Å². The fraction of sp³-hybridized carbons (Fsp3) is 0.105. The van der Waals surface area contributed by atoms with Gasteiger partial charge < -0.3 is 4.74 Å². The van der Waals surface area contributed by atoms with Gasteiger partial charge >= 0.3 is 0 Å². The molecule has 25 heavy (non-hydrogen) atoms. The van der Waals surface area contributed by atoms with E-state index in [0.717, 1.165) is 6.42 Å². The maximum Gasteiger partial charge on any atom is 0.233 e. The van der Waals surface area contributed by atoms with Crippen molar-refractivity contribution in [3.8, 4) is 17.3 Å². The number of nitrogens with zero attached hydrogens (tertiary/aromatic N) is 4. The highest BCUT2D eigenvalue weighted by Crippen LogP contribution is 2.27. The largest absolute Gasteiger partial charge is 0.438 e. The van der Waals surface area contributed by atoms with Gasteiger partial charge in [-0.15, -0.1) is 0 Å². The van der Waals surface area contributed by atoms with Crippen LogP contribution in [0.4, 0.5) is 4.39 Å². The molecule has 0 unspecified atom stereocenters. The molecule has 0 aliphatic heterocycles. The Morgan fingerprint density at radius 2 is 1.76 bits per heavy atom. The van der Waals surface area contributed by atoms with Gasteiger partial charge in [-0.1, -0.05) is 19.1 Å². The molecule has 0 aliphatic carbocycles. The van der Waals surface area contributed by atoms with Gasteiger partial charge in [-0.2, -0.15) is 5.10 Å². The van der Waals surface area contributed by atoms with Crippen LogP contribution in [-0.4, -0.2) is 19.7 Å². The van der Waals surface area contributed by atoms with E-state index in [1.165, 1.54) is 24.0 Å². The predicted molar refractivity (Wildman–Crippen MR) is 92.5 cm³/mol. The Kier molecular flexibility index (Phi) is 3.85. The first-order valence-electron chi connectivity index (χ1n) is 7.96. The summed E-state index contributed by atoms with van der Waals surface area (Å²) in [6.07, 6.45) is 4.05. The molecule has 0 N–H and O–H groups in total. The van der Waals surface area contributed by atoms with Crippen LogP contribution in [-0.2, 0) is 6.42 Å². The van der Waals surface area contributed by atoms with Crippen LogP contribution in [0, 0.1) is 5.82 Å². The van der Waals surface area contributed by atoms with Crippen LogP contribution in [0.5, 0.6) is 11.6 Å². The first-order chi connectivity index (χ1) is 12.2. The summed E-state index contributed by atoms with van der Waals surface area (Å²) in [6.45, 7) is 2.10. The van der Waals surface area contributed by atoms with E-state index in [-0.39, 0.29) is 5.82 Å². The Morgan fingerprint density at radius 1 is 1.00 bits per heavy atom. The van der Waals surface area contributed by atoms with Crippen molar-refractivity contribution in [3.05, 3.63) is 72.4 Å². The summed E-state index contributed by atoms with van der Waals surface area (Å²) in [6, 6.07) is 13.9. The first-order valence-corrected chi connectivity index (χ1v) is 7.96. The number of hydrogen-bond acceptors (Lipinski definition) is 4. The van der Waals surface area contributed by atoms with E-state index in [1.807, 2.05) is 24.3 Å². The van der Waals surface area contributed by atoms with Crippen LogP contribution in [0.1, 0.15) is 12.5 Å². The lowest BCUT2D eigenvalue weighted by molar-refractivity contribution is 0.468. The van der Waals surface area contributed by atoms with E-state index >= 15 is 0 Å². The monoisotopic (exact) mass is 334 g/mol. The molecule has 0 aliphatic rings. The zero-order valence-electron chi connectivity index (χ0n) is 13.6. The van der Waals surface area contributed by atoms with E-state index in [2.05, 4.69) is 22.0 Å². The molecule has 0 saturated carbocycles. The van der Waals surface area contributed by atoms with Gasteiger partial charge in [0.25, 0.3) is 0 Å². The predicted octanol–water partition coefficient (Wildman–Crippen LogP) is 4.31. The van der Waals surface area contributed by atoms with Gasteiger partial charge in [0, 0.05) is 0 Å². The third kappa shape index (κ3) is 2.94. The summed E-state index contributed by atoms with van der Waals surface area (Å²) < 4.78 is 20.7. The Labute approximate surface area is 143 Å². The third-order valence-corrected chi connectivity index (χ3v) is 3.95. The molecule has 0 amide bonds. The molecule has 2 aromatic heterocycles. The number of hydrogen-bond donors (Lipinski definition) is 0. The van der Waals surface area contributed by atoms with E-state index < -0.39 is 0 Å². The smallest absolute Gasteiger partial charge is 0.233 e. The Morgan fingerprint density at radius 3 is 2.48 bits per heavy atom. The van der Waals surface area contributed by atoms with Crippen molar-refractivity contribution in [3.63, 3.8) is 0 Å². The molecule has 4 aromatic rings. The van der Waals surface area contributed by atoms with Gasteiger partial charge in [0.1, 0.15) is 23.3 Å². The molecular weight excluding hydrogens is 319 g/mol. The van der Waals surface area contributed by atoms with Gasteiger partial charge in [0.15, 0.2) is 5.65 Å². The molecule has 124 valence electrons. The number of halogens is 1. The average Bonchev–Trinajstić information content (AvgIpc) is 3.08. The summed E-state index contributed by atoms with van der Waals surface area (Å²) in [5.41, 5.74) is 2.56. The summed E-state index contributed by atoms with van der Waals surface area (Å²) in [7, 11) is 0. The normalized spacial score (nSPS) is 11.0.